The summed E-state index contributed by atoms with van der Waals surface area (Å²) in [5, 5.41) is 15.6. The van der Waals surface area contributed by atoms with Crippen LogP contribution in [-0.2, 0) is 20.9 Å². The van der Waals surface area contributed by atoms with Gasteiger partial charge in [0.15, 0.2) is 0 Å². The van der Waals surface area contributed by atoms with Gasteiger partial charge in [0.2, 0.25) is 11.8 Å². The molecule has 0 saturated carbocycles. The van der Waals surface area contributed by atoms with Gasteiger partial charge in [0.05, 0.1) is 6.61 Å². The van der Waals surface area contributed by atoms with Crippen molar-refractivity contribution in [2.45, 2.75) is 91.6 Å². The molecular weight excluding hydrogens is 482 g/mol. The predicted molar refractivity (Wildman–Crippen MR) is 148 cm³/mol. The predicted octanol–water partition coefficient (Wildman–Crippen LogP) is 4.56. The first-order chi connectivity index (χ1) is 17.7. The van der Waals surface area contributed by atoms with Crippen LogP contribution in [0.1, 0.15) is 76.3 Å². The molecule has 2 rings (SSSR count). The summed E-state index contributed by atoms with van der Waals surface area (Å²) in [5.41, 5.74) is 2.03. The van der Waals surface area contributed by atoms with Crippen LogP contribution in [0.25, 0.3) is 0 Å². The number of benzene rings is 2. The molecule has 8 nitrogen and oxygen atoms in total. The molecule has 0 aromatic heterocycles. The molecule has 0 radical (unpaired) electrons. The Morgan fingerprint density at radius 3 is 2.13 bits per heavy atom. The second-order valence-corrected chi connectivity index (χ2v) is 11.2. The molecule has 0 heterocycles. The fourth-order valence-corrected chi connectivity index (χ4v) is 3.98. The fraction of sp³-hybridized carbons (Fsp3) is 0.500. The molecule has 2 aromatic carbocycles. The number of rotatable bonds is 10. The van der Waals surface area contributed by atoms with E-state index in [4.69, 9.17) is 4.74 Å². The average molecular weight is 526 g/mol. The molecule has 3 N–H and O–H groups in total. The Balaban J connectivity index is 2.54. The van der Waals surface area contributed by atoms with Crippen molar-refractivity contribution < 1.29 is 24.2 Å². The molecule has 208 valence electrons. The molecular formula is C30H43N3O5. The van der Waals surface area contributed by atoms with Gasteiger partial charge in [-0.25, -0.2) is 4.79 Å². The molecule has 2 aromatic rings. The second kappa shape index (κ2) is 12.9. The Morgan fingerprint density at radius 1 is 0.974 bits per heavy atom. The quantitative estimate of drug-likeness (QED) is 0.421. The molecule has 2 atom stereocenters. The third kappa shape index (κ3) is 8.31. The van der Waals surface area contributed by atoms with Crippen LogP contribution in [-0.4, -0.2) is 51.7 Å². The van der Waals surface area contributed by atoms with Crippen LogP contribution in [0.5, 0.6) is 0 Å². The van der Waals surface area contributed by atoms with Crippen LogP contribution >= 0.6 is 0 Å². The number of hydrogen-bond donors (Lipinski definition) is 3. The van der Waals surface area contributed by atoms with E-state index in [1.165, 1.54) is 4.90 Å². The molecule has 8 heteroatoms. The number of amides is 3. The van der Waals surface area contributed by atoms with E-state index in [0.29, 0.717) is 12.0 Å². The molecule has 2 unspecified atom stereocenters. The molecule has 0 saturated heterocycles. The van der Waals surface area contributed by atoms with Gasteiger partial charge in [-0.05, 0) is 77.1 Å². The summed E-state index contributed by atoms with van der Waals surface area (Å²) in [6, 6.07) is 12.9. The zero-order valence-electron chi connectivity index (χ0n) is 23.9. The minimum Gasteiger partial charge on any atom is -0.444 e. The van der Waals surface area contributed by atoms with Crippen LogP contribution in [0, 0.1) is 13.8 Å². The van der Waals surface area contributed by atoms with Crippen LogP contribution < -0.4 is 10.6 Å². The van der Waals surface area contributed by atoms with E-state index in [1.807, 2.05) is 83.1 Å². The molecule has 0 aliphatic heterocycles. The summed E-state index contributed by atoms with van der Waals surface area (Å²) in [5.74, 6) is -0.941. The van der Waals surface area contributed by atoms with Crippen molar-refractivity contribution in [2.75, 3.05) is 6.61 Å². The lowest BCUT2D eigenvalue weighted by atomic mass is 9.91. The monoisotopic (exact) mass is 525 g/mol. The van der Waals surface area contributed by atoms with Gasteiger partial charge in [-0.1, -0.05) is 55.5 Å². The van der Waals surface area contributed by atoms with E-state index in [9.17, 15) is 19.5 Å². The van der Waals surface area contributed by atoms with Crippen molar-refractivity contribution in [3.05, 3.63) is 70.8 Å². The van der Waals surface area contributed by atoms with Crippen molar-refractivity contribution in [3.8, 4) is 0 Å². The van der Waals surface area contributed by atoms with E-state index in [0.717, 1.165) is 16.7 Å². The first-order valence-electron chi connectivity index (χ1n) is 13.0. The maximum Gasteiger partial charge on any atom is 0.408 e. The number of aliphatic hydroxyl groups is 1. The maximum atomic E-state index is 14.0. The average Bonchev–Trinajstić information content (AvgIpc) is 2.85. The number of aryl methyl sites for hydroxylation is 2. The molecule has 38 heavy (non-hydrogen) atoms. The Bertz CT molecular complexity index is 1110. The van der Waals surface area contributed by atoms with Gasteiger partial charge in [0.25, 0.3) is 0 Å². The Morgan fingerprint density at radius 2 is 1.61 bits per heavy atom. The number of alkyl carbamates (subject to hydrolysis) is 1. The number of carbonyl (C=O) groups is 3. The SMILES string of the molecule is CCC(C)(C)N(C(=O)C(CO)NC(=O)OC(C)(C)C)C(C(=O)NCc1ccccc1)c1ccc(C)c(C)c1. The normalized spacial score (nSPS) is 13.3. The summed E-state index contributed by atoms with van der Waals surface area (Å²) in [6.07, 6.45) is -0.299. The van der Waals surface area contributed by atoms with Gasteiger partial charge in [-0.2, -0.15) is 0 Å². The van der Waals surface area contributed by atoms with Crippen molar-refractivity contribution in [1.82, 2.24) is 15.5 Å². The highest BCUT2D eigenvalue weighted by Crippen LogP contribution is 2.33. The summed E-state index contributed by atoms with van der Waals surface area (Å²) >= 11 is 0. The summed E-state index contributed by atoms with van der Waals surface area (Å²) in [7, 11) is 0. The summed E-state index contributed by atoms with van der Waals surface area (Å²) < 4.78 is 5.31. The molecule has 0 bridgehead atoms. The Kier molecular flexibility index (Phi) is 10.5. The lowest BCUT2D eigenvalue weighted by Crippen LogP contribution is -2.60. The van der Waals surface area contributed by atoms with E-state index < -0.39 is 41.8 Å². The lowest BCUT2D eigenvalue weighted by Gasteiger charge is -2.44. The van der Waals surface area contributed by atoms with Gasteiger partial charge in [0.1, 0.15) is 17.7 Å². The van der Waals surface area contributed by atoms with Crippen molar-refractivity contribution >= 4 is 17.9 Å². The summed E-state index contributed by atoms with van der Waals surface area (Å²) in [4.78, 5) is 41.9. The van der Waals surface area contributed by atoms with E-state index >= 15 is 0 Å². The largest absolute Gasteiger partial charge is 0.444 e. The minimum absolute atomic E-state index is 0.287. The number of nitrogens with zero attached hydrogens (tertiary/aromatic N) is 1. The Labute approximate surface area is 226 Å². The van der Waals surface area contributed by atoms with Crippen molar-refractivity contribution in [1.29, 1.82) is 0 Å². The standard InChI is InChI=1S/C30H43N3O5/c1-9-30(7,8)33(27(36)24(19-34)32-28(37)38-29(4,5)6)25(23-16-15-20(2)21(3)17-23)26(35)31-18-22-13-11-10-12-14-22/h10-17,24-25,34H,9,18-19H2,1-8H3,(H,31,35)(H,32,37). The number of nitrogens with one attached hydrogen (secondary N) is 2. The smallest absolute Gasteiger partial charge is 0.408 e. The van der Waals surface area contributed by atoms with Crippen LogP contribution in [0.15, 0.2) is 48.5 Å². The zero-order valence-corrected chi connectivity index (χ0v) is 23.9. The molecule has 3 amide bonds. The second-order valence-electron chi connectivity index (χ2n) is 11.2. The van der Waals surface area contributed by atoms with E-state index in [2.05, 4.69) is 10.6 Å². The third-order valence-electron chi connectivity index (χ3n) is 6.59. The van der Waals surface area contributed by atoms with Crippen molar-refractivity contribution in [3.63, 3.8) is 0 Å². The van der Waals surface area contributed by atoms with Gasteiger partial charge in [-0.3, -0.25) is 9.59 Å². The molecule has 0 aliphatic rings. The first-order valence-corrected chi connectivity index (χ1v) is 13.0. The third-order valence-corrected chi connectivity index (χ3v) is 6.59. The number of ether oxygens (including phenoxy) is 1. The van der Waals surface area contributed by atoms with Gasteiger partial charge in [-0.15, -0.1) is 0 Å². The number of hydrogen-bond acceptors (Lipinski definition) is 5. The zero-order chi connectivity index (χ0) is 28.7. The number of carbonyl (C=O) groups excluding carboxylic acids is 3. The highest BCUT2D eigenvalue weighted by molar-refractivity contribution is 5.92. The van der Waals surface area contributed by atoms with Gasteiger partial charge < -0.3 is 25.4 Å². The highest BCUT2D eigenvalue weighted by atomic mass is 16.6. The molecule has 0 aliphatic carbocycles. The minimum atomic E-state index is -1.30. The van der Waals surface area contributed by atoms with Crippen LogP contribution in [0.3, 0.4) is 0 Å². The van der Waals surface area contributed by atoms with Gasteiger partial charge in [0, 0.05) is 12.1 Å². The molecule has 0 fully saturated rings. The highest BCUT2D eigenvalue weighted by Gasteiger charge is 2.43. The lowest BCUT2D eigenvalue weighted by molar-refractivity contribution is -0.150. The van der Waals surface area contributed by atoms with E-state index in [-0.39, 0.29) is 12.5 Å². The first kappa shape index (κ1) is 30.8. The summed E-state index contributed by atoms with van der Waals surface area (Å²) in [6.45, 7) is 14.4. The number of aliphatic hydroxyl groups excluding tert-OH is 1. The topological polar surface area (TPSA) is 108 Å². The molecule has 0 spiro atoms. The van der Waals surface area contributed by atoms with Crippen LogP contribution in [0.4, 0.5) is 4.79 Å². The maximum absolute atomic E-state index is 14.0. The Hall–Kier alpha value is -3.39. The van der Waals surface area contributed by atoms with Gasteiger partial charge >= 0.3 is 6.09 Å². The fourth-order valence-electron chi connectivity index (χ4n) is 3.98. The van der Waals surface area contributed by atoms with E-state index in [1.54, 1.807) is 20.8 Å². The van der Waals surface area contributed by atoms with Crippen LogP contribution in [0.2, 0.25) is 0 Å². The van der Waals surface area contributed by atoms with Crippen molar-refractivity contribution in [2.24, 2.45) is 0 Å².